The predicted octanol–water partition coefficient (Wildman–Crippen LogP) is 4.27. The standard InChI is InChI=1S/C23H31F2N5O2/c1-13(2)30-19(10-18(28-30)14-7-20(32-23(24)25)22(26)27-11-14)21-16-8-15(9-17(16)21)29-5-3-4-6-31-12-29/h7,10-11,13,15-17,21,23H,3-6,8-9,12H2,1-2H3,(H2,26,27). The van der Waals surface area contributed by atoms with Gasteiger partial charge >= 0.3 is 6.61 Å². The Balaban J connectivity index is 1.35. The Morgan fingerprint density at radius 2 is 1.97 bits per heavy atom. The van der Waals surface area contributed by atoms with Crippen molar-refractivity contribution in [3.63, 3.8) is 0 Å². The lowest BCUT2D eigenvalue weighted by Crippen LogP contribution is -2.36. The maximum atomic E-state index is 12.7. The van der Waals surface area contributed by atoms with Crippen molar-refractivity contribution in [1.82, 2.24) is 19.7 Å². The van der Waals surface area contributed by atoms with Gasteiger partial charge in [0.25, 0.3) is 0 Å². The molecule has 9 heteroatoms. The van der Waals surface area contributed by atoms with Crippen molar-refractivity contribution in [1.29, 1.82) is 0 Å². The van der Waals surface area contributed by atoms with Gasteiger partial charge in [-0.05, 0) is 63.5 Å². The molecule has 174 valence electrons. The van der Waals surface area contributed by atoms with E-state index in [0.29, 0.717) is 35.1 Å². The summed E-state index contributed by atoms with van der Waals surface area (Å²) in [6.45, 7) is 4.04. The Bertz CT molecular complexity index is 946. The van der Waals surface area contributed by atoms with E-state index in [9.17, 15) is 8.78 Å². The van der Waals surface area contributed by atoms with Gasteiger partial charge in [0.15, 0.2) is 11.6 Å². The molecular weight excluding hydrogens is 416 g/mol. The van der Waals surface area contributed by atoms with E-state index < -0.39 is 6.61 Å². The maximum Gasteiger partial charge on any atom is 0.387 e. The molecule has 2 N–H and O–H groups in total. The molecule has 0 amide bonds. The van der Waals surface area contributed by atoms with Crippen LogP contribution in [-0.2, 0) is 4.74 Å². The van der Waals surface area contributed by atoms with Crippen LogP contribution in [0.25, 0.3) is 11.3 Å². The highest BCUT2D eigenvalue weighted by Gasteiger charge is 2.58. The first-order chi connectivity index (χ1) is 15.4. The number of hydrogen-bond acceptors (Lipinski definition) is 6. The van der Waals surface area contributed by atoms with E-state index in [1.807, 2.05) is 0 Å². The third kappa shape index (κ3) is 4.08. The van der Waals surface area contributed by atoms with Gasteiger partial charge < -0.3 is 15.2 Å². The number of fused-ring (bicyclic) bond motifs is 1. The van der Waals surface area contributed by atoms with Gasteiger partial charge in [0, 0.05) is 48.6 Å². The Kier molecular flexibility index (Phi) is 5.79. The van der Waals surface area contributed by atoms with E-state index in [1.165, 1.54) is 31.0 Å². The van der Waals surface area contributed by atoms with Crippen LogP contribution in [0.5, 0.6) is 5.75 Å². The molecule has 0 radical (unpaired) electrons. The summed E-state index contributed by atoms with van der Waals surface area (Å²) in [6.07, 6.45) is 6.33. The van der Waals surface area contributed by atoms with Gasteiger partial charge in [0.05, 0.1) is 12.4 Å². The molecule has 7 nitrogen and oxygen atoms in total. The Morgan fingerprint density at radius 1 is 1.19 bits per heavy atom. The summed E-state index contributed by atoms with van der Waals surface area (Å²) in [6, 6.07) is 4.40. The van der Waals surface area contributed by atoms with Crippen LogP contribution in [0.15, 0.2) is 18.3 Å². The molecular formula is C23H31F2N5O2. The number of hydrogen-bond donors (Lipinski definition) is 1. The Labute approximate surface area is 186 Å². The van der Waals surface area contributed by atoms with Gasteiger partial charge in [0.1, 0.15) is 0 Å². The molecule has 32 heavy (non-hydrogen) atoms. The van der Waals surface area contributed by atoms with Crippen LogP contribution >= 0.6 is 0 Å². The number of nitrogens with zero attached hydrogens (tertiary/aromatic N) is 4. The zero-order valence-corrected chi connectivity index (χ0v) is 18.6. The van der Waals surface area contributed by atoms with Gasteiger partial charge in [-0.25, -0.2) is 4.98 Å². The van der Waals surface area contributed by atoms with Crippen LogP contribution < -0.4 is 10.5 Å². The van der Waals surface area contributed by atoms with Crippen molar-refractivity contribution >= 4 is 5.82 Å². The molecule has 3 aliphatic rings. The zero-order chi connectivity index (χ0) is 22.4. The number of pyridine rings is 1. The van der Waals surface area contributed by atoms with E-state index >= 15 is 0 Å². The Morgan fingerprint density at radius 3 is 2.69 bits per heavy atom. The van der Waals surface area contributed by atoms with Crippen LogP contribution in [0.2, 0.25) is 0 Å². The fourth-order valence-corrected chi connectivity index (χ4v) is 5.60. The highest BCUT2D eigenvalue weighted by Crippen LogP contribution is 2.64. The summed E-state index contributed by atoms with van der Waals surface area (Å²) in [4.78, 5) is 6.55. The number of nitrogens with two attached hydrogens (primary N) is 1. The smallest absolute Gasteiger partial charge is 0.387 e. The molecule has 1 aliphatic heterocycles. The molecule has 0 spiro atoms. The minimum Gasteiger partial charge on any atom is -0.431 e. The number of halogens is 2. The number of ether oxygens (including phenoxy) is 2. The molecule has 2 unspecified atom stereocenters. The van der Waals surface area contributed by atoms with Crippen LogP contribution in [-0.4, -0.2) is 52.2 Å². The summed E-state index contributed by atoms with van der Waals surface area (Å²) >= 11 is 0. The van der Waals surface area contributed by atoms with Crippen molar-refractivity contribution in [2.45, 2.75) is 64.1 Å². The van der Waals surface area contributed by atoms with E-state index in [0.717, 1.165) is 26.3 Å². The van der Waals surface area contributed by atoms with Gasteiger partial charge in [-0.1, -0.05) is 0 Å². The first-order valence-corrected chi connectivity index (χ1v) is 11.5. The predicted molar refractivity (Wildman–Crippen MR) is 116 cm³/mol. The normalized spacial score (nSPS) is 28.2. The van der Waals surface area contributed by atoms with E-state index in [4.69, 9.17) is 15.6 Å². The fraction of sp³-hybridized carbons (Fsp3) is 0.652. The van der Waals surface area contributed by atoms with E-state index in [2.05, 4.69) is 39.2 Å². The van der Waals surface area contributed by atoms with Crippen LogP contribution in [0, 0.1) is 11.8 Å². The third-order valence-corrected chi connectivity index (χ3v) is 7.17. The monoisotopic (exact) mass is 447 g/mol. The minimum absolute atomic E-state index is 0.0576. The van der Waals surface area contributed by atoms with Gasteiger partial charge in [-0.2, -0.15) is 13.9 Å². The SMILES string of the molecule is CC(C)n1nc(-c2cnc(N)c(OC(F)F)c2)cc1C1C2CC(N3CCCCOC3)CC21. The summed E-state index contributed by atoms with van der Waals surface area (Å²) in [5.74, 6) is 1.67. The number of aromatic nitrogens is 3. The van der Waals surface area contributed by atoms with E-state index in [1.54, 1.807) is 6.20 Å². The summed E-state index contributed by atoms with van der Waals surface area (Å²) in [5.41, 5.74) is 8.26. The number of alkyl halides is 2. The van der Waals surface area contributed by atoms with Crippen LogP contribution in [0.1, 0.15) is 57.2 Å². The summed E-state index contributed by atoms with van der Waals surface area (Å²) in [5, 5.41) is 4.80. The second kappa shape index (κ2) is 8.59. The lowest BCUT2D eigenvalue weighted by molar-refractivity contribution is -0.0494. The van der Waals surface area contributed by atoms with Crippen LogP contribution in [0.3, 0.4) is 0 Å². The second-order valence-corrected chi connectivity index (χ2v) is 9.51. The van der Waals surface area contributed by atoms with Crippen molar-refractivity contribution in [2.75, 3.05) is 25.6 Å². The molecule has 2 aromatic heterocycles. The number of anilines is 1. The number of rotatable bonds is 6. The zero-order valence-electron chi connectivity index (χ0n) is 18.6. The highest BCUT2D eigenvalue weighted by molar-refractivity contribution is 5.64. The molecule has 2 atom stereocenters. The lowest BCUT2D eigenvalue weighted by atomic mass is 10.0. The summed E-state index contributed by atoms with van der Waals surface area (Å²) in [7, 11) is 0. The molecule has 2 aromatic rings. The van der Waals surface area contributed by atoms with Gasteiger partial charge in [-0.3, -0.25) is 9.58 Å². The molecule has 3 heterocycles. The average Bonchev–Trinajstić information content (AvgIpc) is 3.08. The molecule has 3 fully saturated rings. The second-order valence-electron chi connectivity index (χ2n) is 9.51. The molecule has 2 aliphatic carbocycles. The largest absolute Gasteiger partial charge is 0.431 e. The average molecular weight is 448 g/mol. The van der Waals surface area contributed by atoms with Crippen molar-refractivity contribution < 1.29 is 18.3 Å². The van der Waals surface area contributed by atoms with Gasteiger partial charge in [-0.15, -0.1) is 0 Å². The minimum atomic E-state index is -2.95. The van der Waals surface area contributed by atoms with E-state index in [-0.39, 0.29) is 17.6 Å². The van der Waals surface area contributed by atoms with Crippen molar-refractivity contribution in [2.24, 2.45) is 11.8 Å². The first-order valence-electron chi connectivity index (χ1n) is 11.5. The highest BCUT2D eigenvalue weighted by atomic mass is 19.3. The molecule has 5 rings (SSSR count). The van der Waals surface area contributed by atoms with Crippen LogP contribution in [0.4, 0.5) is 14.6 Å². The summed E-state index contributed by atoms with van der Waals surface area (Å²) < 4.78 is 37.8. The topological polar surface area (TPSA) is 78.4 Å². The van der Waals surface area contributed by atoms with Gasteiger partial charge in [0.2, 0.25) is 0 Å². The molecule has 2 saturated carbocycles. The van der Waals surface area contributed by atoms with Crippen molar-refractivity contribution in [3.8, 4) is 17.0 Å². The number of nitrogen functional groups attached to an aromatic ring is 1. The molecule has 0 bridgehead atoms. The lowest BCUT2D eigenvalue weighted by Gasteiger charge is -2.28. The van der Waals surface area contributed by atoms with Crippen molar-refractivity contribution in [3.05, 3.63) is 24.0 Å². The Hall–Kier alpha value is -2.26. The fourth-order valence-electron chi connectivity index (χ4n) is 5.60. The quantitative estimate of drug-likeness (QED) is 0.713. The third-order valence-electron chi connectivity index (χ3n) is 7.17. The molecule has 1 saturated heterocycles. The first kappa shape index (κ1) is 21.6. The molecule has 0 aromatic carbocycles. The maximum absolute atomic E-state index is 12.7.